The minimum absolute atomic E-state index is 0.0515. The summed E-state index contributed by atoms with van der Waals surface area (Å²) in [6.07, 6.45) is 0.758. The zero-order chi connectivity index (χ0) is 17.0. The van der Waals surface area contributed by atoms with Crippen LogP contribution in [0.3, 0.4) is 0 Å². The number of nitrogens with one attached hydrogen (secondary N) is 2. The third-order valence-corrected chi connectivity index (χ3v) is 2.99. The number of hydrogen-bond donors (Lipinski definition) is 2. The molecule has 1 aromatic carbocycles. The zero-order valence-electron chi connectivity index (χ0n) is 14.2. The molecule has 0 saturated carbocycles. The molecule has 0 atom stereocenters. The van der Waals surface area contributed by atoms with Crippen molar-refractivity contribution in [3.63, 3.8) is 0 Å². The van der Waals surface area contributed by atoms with E-state index in [4.69, 9.17) is 4.74 Å². The van der Waals surface area contributed by atoms with Gasteiger partial charge in [0.15, 0.2) is 0 Å². The molecule has 22 heavy (non-hydrogen) atoms. The molecule has 0 aromatic heterocycles. The van der Waals surface area contributed by atoms with Crippen LogP contribution < -0.4 is 15.4 Å². The van der Waals surface area contributed by atoms with Crippen LogP contribution in [0.1, 0.15) is 41.0 Å². The first-order valence-corrected chi connectivity index (χ1v) is 7.31. The molecular formula is C17H26N2O3. The number of amides is 2. The first-order valence-electron chi connectivity index (χ1n) is 7.31. The Bertz CT molecular complexity index is 545. The predicted molar refractivity (Wildman–Crippen MR) is 87.9 cm³/mol. The van der Waals surface area contributed by atoms with Crippen molar-refractivity contribution in [2.45, 2.75) is 46.6 Å². The summed E-state index contributed by atoms with van der Waals surface area (Å²) in [5.74, 6) is -0.843. The highest BCUT2D eigenvalue weighted by Crippen LogP contribution is 2.27. The SMILES string of the molecule is COc1ccccc1NC(=O)C(=O)NC(C)(C)CC(C)(C)C. The van der Waals surface area contributed by atoms with Gasteiger partial charge in [0, 0.05) is 5.54 Å². The maximum Gasteiger partial charge on any atom is 0.313 e. The van der Waals surface area contributed by atoms with E-state index in [1.165, 1.54) is 7.11 Å². The second kappa shape index (κ2) is 6.81. The van der Waals surface area contributed by atoms with E-state index in [9.17, 15) is 9.59 Å². The summed E-state index contributed by atoms with van der Waals surface area (Å²) in [7, 11) is 1.51. The topological polar surface area (TPSA) is 67.4 Å². The Kier molecular flexibility index (Phi) is 5.58. The first kappa shape index (κ1) is 18.0. The van der Waals surface area contributed by atoms with Gasteiger partial charge in [-0.15, -0.1) is 0 Å². The number of hydrogen-bond acceptors (Lipinski definition) is 3. The predicted octanol–water partition coefficient (Wildman–Crippen LogP) is 2.96. The summed E-state index contributed by atoms with van der Waals surface area (Å²) in [5, 5.41) is 5.35. The Morgan fingerprint density at radius 1 is 1.05 bits per heavy atom. The molecule has 122 valence electrons. The van der Waals surface area contributed by atoms with Gasteiger partial charge in [-0.05, 0) is 37.8 Å². The van der Waals surface area contributed by atoms with Crippen molar-refractivity contribution in [2.75, 3.05) is 12.4 Å². The molecule has 0 radical (unpaired) electrons. The second-order valence-corrected chi connectivity index (χ2v) is 7.23. The van der Waals surface area contributed by atoms with Crippen molar-refractivity contribution < 1.29 is 14.3 Å². The van der Waals surface area contributed by atoms with Gasteiger partial charge < -0.3 is 15.4 Å². The van der Waals surface area contributed by atoms with Gasteiger partial charge in [0.25, 0.3) is 0 Å². The standard InChI is InChI=1S/C17H26N2O3/c1-16(2,3)11-17(4,5)19-15(21)14(20)18-12-9-7-8-10-13(12)22-6/h7-10H,11H2,1-6H3,(H,18,20)(H,19,21). The molecule has 0 fully saturated rings. The smallest absolute Gasteiger partial charge is 0.313 e. The number of benzene rings is 1. The minimum Gasteiger partial charge on any atom is -0.495 e. The van der Waals surface area contributed by atoms with Crippen molar-refractivity contribution in [3.05, 3.63) is 24.3 Å². The van der Waals surface area contributed by atoms with Crippen molar-refractivity contribution >= 4 is 17.5 Å². The summed E-state index contributed by atoms with van der Waals surface area (Å²) in [4.78, 5) is 24.1. The molecule has 0 bridgehead atoms. The maximum atomic E-state index is 12.1. The molecule has 0 aliphatic rings. The average Bonchev–Trinajstić information content (AvgIpc) is 2.35. The van der Waals surface area contributed by atoms with Gasteiger partial charge in [-0.3, -0.25) is 9.59 Å². The Labute approximate surface area is 132 Å². The first-order chi connectivity index (χ1) is 10.0. The van der Waals surface area contributed by atoms with E-state index in [-0.39, 0.29) is 5.41 Å². The largest absolute Gasteiger partial charge is 0.495 e. The van der Waals surface area contributed by atoms with Crippen molar-refractivity contribution in [2.24, 2.45) is 5.41 Å². The highest BCUT2D eigenvalue weighted by Gasteiger charge is 2.29. The summed E-state index contributed by atoms with van der Waals surface area (Å²) >= 11 is 0. The Morgan fingerprint density at radius 2 is 1.64 bits per heavy atom. The molecule has 0 heterocycles. The minimum atomic E-state index is -0.702. The Hall–Kier alpha value is -2.04. The van der Waals surface area contributed by atoms with E-state index in [0.29, 0.717) is 11.4 Å². The lowest BCUT2D eigenvalue weighted by molar-refractivity contribution is -0.137. The third kappa shape index (κ3) is 5.76. The zero-order valence-corrected chi connectivity index (χ0v) is 14.2. The van der Waals surface area contributed by atoms with Gasteiger partial charge in [0.1, 0.15) is 5.75 Å². The van der Waals surface area contributed by atoms with Crippen LogP contribution in [0.25, 0.3) is 0 Å². The van der Waals surface area contributed by atoms with Crippen LogP contribution in [0.2, 0.25) is 0 Å². The average molecular weight is 306 g/mol. The van der Waals surface area contributed by atoms with E-state index in [2.05, 4.69) is 31.4 Å². The number of carbonyl (C=O) groups is 2. The quantitative estimate of drug-likeness (QED) is 0.840. The molecule has 0 spiro atoms. The second-order valence-electron chi connectivity index (χ2n) is 7.23. The molecule has 2 amide bonds. The fourth-order valence-electron chi connectivity index (χ4n) is 2.66. The van der Waals surface area contributed by atoms with Gasteiger partial charge >= 0.3 is 11.8 Å². The Morgan fingerprint density at radius 3 is 2.18 bits per heavy atom. The van der Waals surface area contributed by atoms with Crippen LogP contribution in [-0.2, 0) is 9.59 Å². The molecule has 0 aliphatic carbocycles. The lowest BCUT2D eigenvalue weighted by Crippen LogP contribution is -2.49. The number of methoxy groups -OCH3 is 1. The fourth-order valence-corrected chi connectivity index (χ4v) is 2.66. The molecule has 2 N–H and O–H groups in total. The van der Waals surface area contributed by atoms with Gasteiger partial charge in [0.2, 0.25) is 0 Å². The molecular weight excluding hydrogens is 280 g/mol. The molecule has 1 rings (SSSR count). The Balaban J connectivity index is 2.72. The van der Waals surface area contributed by atoms with Crippen LogP contribution in [0.15, 0.2) is 24.3 Å². The normalized spacial score (nSPS) is 11.7. The molecule has 1 aromatic rings. The molecule has 5 nitrogen and oxygen atoms in total. The molecule has 0 unspecified atom stereocenters. The third-order valence-electron chi connectivity index (χ3n) is 2.99. The number of rotatable bonds is 4. The van der Waals surface area contributed by atoms with E-state index in [1.54, 1.807) is 24.3 Å². The van der Waals surface area contributed by atoms with Crippen molar-refractivity contribution in [1.29, 1.82) is 0 Å². The van der Waals surface area contributed by atoms with Crippen molar-refractivity contribution in [3.8, 4) is 5.75 Å². The van der Waals surface area contributed by atoms with Gasteiger partial charge in [-0.2, -0.15) is 0 Å². The highest BCUT2D eigenvalue weighted by molar-refractivity contribution is 6.39. The maximum absolute atomic E-state index is 12.1. The number of para-hydroxylation sites is 2. The summed E-state index contributed by atoms with van der Waals surface area (Å²) in [5.41, 5.74) is 0.0578. The number of carbonyl (C=O) groups excluding carboxylic acids is 2. The van der Waals surface area contributed by atoms with E-state index >= 15 is 0 Å². The molecule has 0 saturated heterocycles. The summed E-state index contributed by atoms with van der Waals surface area (Å²) in [6.45, 7) is 10.1. The number of anilines is 1. The van der Waals surface area contributed by atoms with E-state index in [0.717, 1.165) is 6.42 Å². The van der Waals surface area contributed by atoms with Gasteiger partial charge in [-0.1, -0.05) is 32.9 Å². The van der Waals surface area contributed by atoms with Crippen LogP contribution in [0.5, 0.6) is 5.75 Å². The van der Waals surface area contributed by atoms with Crippen LogP contribution in [-0.4, -0.2) is 24.5 Å². The summed E-state index contributed by atoms with van der Waals surface area (Å²) < 4.78 is 5.15. The van der Waals surface area contributed by atoms with Crippen molar-refractivity contribution in [1.82, 2.24) is 5.32 Å². The monoisotopic (exact) mass is 306 g/mol. The van der Waals surface area contributed by atoms with E-state index in [1.807, 2.05) is 13.8 Å². The lowest BCUT2D eigenvalue weighted by Gasteiger charge is -2.33. The van der Waals surface area contributed by atoms with Gasteiger partial charge in [-0.25, -0.2) is 0 Å². The van der Waals surface area contributed by atoms with E-state index < -0.39 is 17.4 Å². The van der Waals surface area contributed by atoms with Crippen LogP contribution in [0.4, 0.5) is 5.69 Å². The molecule has 0 aliphatic heterocycles. The fraction of sp³-hybridized carbons (Fsp3) is 0.529. The lowest BCUT2D eigenvalue weighted by atomic mass is 9.82. The summed E-state index contributed by atoms with van der Waals surface area (Å²) in [6, 6.07) is 6.96. The van der Waals surface area contributed by atoms with Crippen LogP contribution in [0, 0.1) is 5.41 Å². The van der Waals surface area contributed by atoms with Gasteiger partial charge in [0.05, 0.1) is 12.8 Å². The van der Waals surface area contributed by atoms with Crippen LogP contribution >= 0.6 is 0 Å². The highest BCUT2D eigenvalue weighted by atomic mass is 16.5. The number of ether oxygens (including phenoxy) is 1. The molecule has 5 heteroatoms.